The number of methoxy groups -OCH3 is 3. The number of carboxylic acids is 1. The van der Waals surface area contributed by atoms with E-state index in [9.17, 15) is 76.7 Å². The number of H-pyrrole nitrogens is 3. The van der Waals surface area contributed by atoms with Crippen LogP contribution in [0.3, 0.4) is 0 Å². The molecule has 8 aliphatic heterocycles. The smallest absolute Gasteiger partial charge is 0.410 e. The fraction of sp³-hybridized carbons (Fsp3) is 0.626. The van der Waals surface area contributed by atoms with Gasteiger partial charge >= 0.3 is 30.0 Å². The van der Waals surface area contributed by atoms with Gasteiger partial charge < -0.3 is 102 Å². The largest absolute Gasteiger partial charge is 0.477 e. The van der Waals surface area contributed by atoms with E-state index in [0.717, 1.165) is 151 Å². The number of carboxylic acid groups (broad SMARTS) is 1. The molecule has 6 aromatic rings. The summed E-state index contributed by atoms with van der Waals surface area (Å²) in [5, 5.41) is 38.7. The van der Waals surface area contributed by atoms with Crippen LogP contribution < -0.4 is 53.6 Å². The van der Waals surface area contributed by atoms with Crippen molar-refractivity contribution in [2.45, 2.75) is 306 Å². The van der Waals surface area contributed by atoms with E-state index in [2.05, 4.69) is 62.8 Å². The van der Waals surface area contributed by atoms with Crippen molar-refractivity contribution in [3.8, 4) is 0 Å². The summed E-state index contributed by atoms with van der Waals surface area (Å²) in [4.78, 5) is 217. The lowest BCUT2D eigenvalue weighted by Crippen LogP contribution is -2.53. The van der Waals surface area contributed by atoms with Crippen molar-refractivity contribution < 1.29 is 101 Å². The zero-order valence-corrected chi connectivity index (χ0v) is 88.6. The molecule has 4 spiro atoms. The van der Waals surface area contributed by atoms with Gasteiger partial charge in [-0.2, -0.15) is 0 Å². The maximum Gasteiger partial charge on any atom is 0.410 e. The molecule has 15 N–H and O–H groups in total. The third-order valence-electron chi connectivity index (χ3n) is 32.2. The first-order valence-electron chi connectivity index (χ1n) is 52.6. The molecule has 8 saturated heterocycles. The second kappa shape index (κ2) is 51.0. The number of para-hydroxylation sites is 3. The number of fused-ring (bicyclic) bond motifs is 3. The number of aromatic amines is 3. The molecule has 3 aromatic carbocycles. The molecule has 4 saturated carbocycles. The van der Waals surface area contributed by atoms with Gasteiger partial charge in [0.2, 0.25) is 53.2 Å². The summed E-state index contributed by atoms with van der Waals surface area (Å²) in [5.74, 6) is -6.95. The Morgan fingerprint density at radius 2 is 0.709 bits per heavy atom. The molecule has 12 amide bonds. The summed E-state index contributed by atoms with van der Waals surface area (Å²) in [7, 11) is 3.85. The van der Waals surface area contributed by atoms with Crippen LogP contribution in [-0.2, 0) is 76.5 Å². The Morgan fingerprint density at radius 1 is 0.412 bits per heavy atom. The van der Waals surface area contributed by atoms with E-state index in [1.807, 2.05) is 30.3 Å². The molecule has 12 fully saturated rings. The molecule has 4 aliphatic carbocycles. The Balaban J connectivity index is 0.000000159. The Morgan fingerprint density at radius 3 is 1.02 bits per heavy atom. The number of esters is 3. The van der Waals surface area contributed by atoms with Crippen LogP contribution >= 0.6 is 47.2 Å². The van der Waals surface area contributed by atoms with E-state index in [-0.39, 0.29) is 136 Å². The fourth-order valence-corrected chi connectivity index (χ4v) is 25.1. The highest BCUT2D eigenvalue weighted by Crippen LogP contribution is 2.51. The van der Waals surface area contributed by atoms with Crippen molar-refractivity contribution in [3.63, 3.8) is 0 Å². The summed E-state index contributed by atoms with van der Waals surface area (Å²) in [6, 6.07) is 15.2. The number of amides is 12. The van der Waals surface area contributed by atoms with Gasteiger partial charge in [0.25, 0.3) is 11.8 Å². The van der Waals surface area contributed by atoms with E-state index in [0.29, 0.717) is 134 Å². The van der Waals surface area contributed by atoms with Crippen molar-refractivity contribution >= 4 is 175 Å². The van der Waals surface area contributed by atoms with Gasteiger partial charge in [-0.05, 0) is 233 Å². The second-order valence-corrected chi connectivity index (χ2v) is 44.9. The minimum absolute atomic E-state index is 0. The van der Waals surface area contributed by atoms with Crippen LogP contribution in [0.4, 0.5) is 4.79 Å². The first-order valence-corrected chi connectivity index (χ1v) is 53.7. The number of hydrogen-bond acceptors (Lipinski definition) is 21. The number of primary amides is 1. The van der Waals surface area contributed by atoms with Crippen molar-refractivity contribution in [1.29, 1.82) is 0 Å². The predicted molar refractivity (Wildman–Crippen MR) is 557 cm³/mol. The summed E-state index contributed by atoms with van der Waals surface area (Å²) < 4.78 is 20.3. The second-order valence-electron chi connectivity index (χ2n) is 43.7. The lowest BCUT2D eigenvalue weighted by molar-refractivity contribution is -0.147. The molecule has 0 bridgehead atoms. The fourth-order valence-electron chi connectivity index (χ4n) is 24.4. The minimum atomic E-state index is -0.979. The lowest BCUT2D eigenvalue weighted by atomic mass is 9.72. The van der Waals surface area contributed by atoms with E-state index < -0.39 is 95.6 Å². The molecule has 37 nitrogen and oxygen atoms in total. The first kappa shape index (κ1) is 114. The third kappa shape index (κ3) is 28.5. The number of carbonyl (C=O) groups is 16. The van der Waals surface area contributed by atoms with Gasteiger partial charge in [0.1, 0.15) is 65.0 Å². The molecule has 11 heterocycles. The number of likely N-dealkylation sites (tertiary alicyclic amines) is 3. The first-order chi connectivity index (χ1) is 70.3. The van der Waals surface area contributed by atoms with Gasteiger partial charge in [0.05, 0.1) is 59.0 Å². The standard InChI is InChI=1S/C28H35ClN4O5.C27H34ClN5O4.C24H39N3O6.C19H31N3O4.C9H6ClNO2.ClH/c1-38-27(37)21(14-18-8-6-12-30-24(18)34)32-25(35)22-15-28(10-3-2-4-11-28)16-33(22)26(36)20-13-17-7-5-9-19(29)23(17)31-20;28-18-8-4-6-16-12-20(31-22(16)18)26(37)33-15-27(9-2-1-3-10-27)14-21(33)25(36)32-19(23(29)34)13-17-7-5-11-30-24(17)35;1-23(2,3)33-22(31)27-15-24(10-6-5-7-11-24)14-18(27)20(29)26-17(21(30)32-4)13-16-9-8-12-25-19(16)28;1-26-18(25)14(10-13-6-5-9-20-16(13)23)22-17(24)15-11-19(12-21-15)7-3-2-4-8-19;10-6-3-1-2-5-4-7(9(12)13)11-8(5)6;/h5,7,9,13,18,21-22,31H,2-4,6,8,10-12,14-16H2,1H3,(H,30,34)(H,32,35);4,6,8,12,17,19,21,31H,1-3,5,7,9-11,13-15H2,(H2,29,34)(H,30,35)(H,32,36);16-18H,5-15H2,1-4H3,(H,25,28)(H,26,29);13-15,21H,2-12H2,1H3,(H,20,23)(H,22,24);1-4,11H,(H,12,13);1H/t18-,21-,22?;17-,19-,21?;16-,17-,18?;13-,14-,15?;;/m0000../s1. The van der Waals surface area contributed by atoms with E-state index >= 15 is 0 Å². The maximum absolute atomic E-state index is 13.8. The highest BCUT2D eigenvalue weighted by Gasteiger charge is 2.55. The topological polar surface area (TPSA) is 522 Å². The Bertz CT molecular complexity index is 5800. The van der Waals surface area contributed by atoms with E-state index in [1.54, 1.807) is 73.0 Å². The van der Waals surface area contributed by atoms with Crippen LogP contribution in [0.1, 0.15) is 283 Å². The number of nitrogens with two attached hydrogens (primary N) is 1. The molecule has 0 radical (unpaired) electrons. The zero-order chi connectivity index (χ0) is 105. The quantitative estimate of drug-likeness (QED) is 0.0209. The SMILES string of the molecule is COC(=O)[C@H](C[C@@H]1CCCNC1=O)NC(=O)C1CC2(CCCCC2)CN1.COC(=O)[C@H](C[C@@H]1CCCNC1=O)NC(=O)C1CC2(CCCCC2)CN1C(=O)OC(C)(C)C.COC(=O)[C@H](C[C@@H]1CCCNC1=O)NC(=O)C1CC2(CCCCC2)CN1C(=O)c1cc2cccc(Cl)c2[nH]1.Cl.NC(=O)[C@H](C[C@@H]1CCCNC1=O)NC(=O)C1CC2(CCCCC2)CN1C(=O)c1cc2cccc(Cl)c2[nH]1.O=C(O)c1cc2cccc(Cl)c2[nH]1. The van der Waals surface area contributed by atoms with Crippen LogP contribution in [0, 0.1) is 45.3 Å². The molecule has 12 atom stereocenters. The van der Waals surface area contributed by atoms with Crippen molar-refractivity contribution in [3.05, 3.63) is 105 Å². The number of halogens is 4. The van der Waals surface area contributed by atoms with Gasteiger partial charge in [0.15, 0.2) is 0 Å². The average Bonchev–Trinajstić information content (AvgIpc) is 1.61. The number of aromatic nitrogens is 3. The number of rotatable bonds is 23. The number of carbonyl (C=O) groups excluding carboxylic acids is 15. The minimum Gasteiger partial charge on any atom is -0.477 e. The molecule has 12 aliphatic rings. The number of aromatic carboxylic acids is 1. The normalized spacial score (nSPS) is 23.9. The summed E-state index contributed by atoms with van der Waals surface area (Å²) >= 11 is 18.5. The van der Waals surface area contributed by atoms with Crippen LogP contribution in [0.15, 0.2) is 72.8 Å². The monoisotopic (exact) mass is 2130 g/mol. The molecule has 808 valence electrons. The summed E-state index contributed by atoms with van der Waals surface area (Å²) in [6.07, 6.45) is 30.6. The van der Waals surface area contributed by atoms with Crippen molar-refractivity contribution in [1.82, 2.24) is 77.5 Å². The molecule has 18 rings (SSSR count). The van der Waals surface area contributed by atoms with E-state index in [4.69, 9.17) is 64.6 Å². The molecule has 3 aromatic heterocycles. The maximum atomic E-state index is 13.8. The highest BCUT2D eigenvalue weighted by molar-refractivity contribution is 6.36. The molecule has 4 unspecified atom stereocenters. The number of ether oxygens (including phenoxy) is 4. The number of benzene rings is 3. The average molecular weight is 2130 g/mol. The predicted octanol–water partition coefficient (Wildman–Crippen LogP) is 12.8. The summed E-state index contributed by atoms with van der Waals surface area (Å²) in [6.45, 7) is 10.3. The van der Waals surface area contributed by atoms with Gasteiger partial charge in [-0.25, -0.2) is 24.0 Å². The summed E-state index contributed by atoms with van der Waals surface area (Å²) in [5.41, 5.74) is 7.80. The lowest BCUT2D eigenvalue weighted by Gasteiger charge is -2.33. The third-order valence-corrected chi connectivity index (χ3v) is 33.1. The number of piperidine rings is 4. The highest BCUT2D eigenvalue weighted by atomic mass is 35.5. The Labute approximate surface area is 883 Å². The molecular formula is C107H146Cl4N16O21. The Kier molecular flexibility index (Phi) is 39.3. The number of hydrogen-bond donors (Lipinski definition) is 14. The Hall–Kier alpha value is -11.3. The van der Waals surface area contributed by atoms with Crippen LogP contribution in [-0.4, -0.2) is 257 Å². The van der Waals surface area contributed by atoms with Crippen LogP contribution in [0.2, 0.25) is 15.1 Å². The van der Waals surface area contributed by atoms with Crippen molar-refractivity contribution in [2.24, 2.45) is 51.1 Å². The number of nitrogens with zero attached hydrogens (tertiary/aromatic N) is 3. The van der Waals surface area contributed by atoms with Gasteiger partial charge in [0, 0.05) is 92.2 Å². The molecular weight excluding hydrogens is 1990 g/mol. The van der Waals surface area contributed by atoms with E-state index in [1.165, 1.54) is 64.8 Å². The zero-order valence-electron chi connectivity index (χ0n) is 85.5. The van der Waals surface area contributed by atoms with Gasteiger partial charge in [-0.1, -0.05) is 148 Å². The van der Waals surface area contributed by atoms with Gasteiger partial charge in [-0.15, -0.1) is 12.4 Å². The number of nitrogens with one attached hydrogen (secondary N) is 12. The molecule has 41 heteroatoms. The van der Waals surface area contributed by atoms with Gasteiger partial charge in [-0.3, -0.25) is 57.6 Å². The van der Waals surface area contributed by atoms with Crippen LogP contribution in [0.5, 0.6) is 0 Å². The van der Waals surface area contributed by atoms with Crippen LogP contribution in [0.25, 0.3) is 32.7 Å². The van der Waals surface area contributed by atoms with Crippen molar-refractivity contribution in [2.75, 3.05) is 73.7 Å². The molecule has 148 heavy (non-hydrogen) atoms.